The fraction of sp³-hybridized carbons (Fsp3) is 0.192. The average molecular weight is 382 g/mol. The van der Waals surface area contributed by atoms with E-state index in [1.807, 2.05) is 48.5 Å². The molecule has 3 aromatic rings. The standard InChI is InChI=1S/C26H23NS/c1-2-3-5-13-22-14-10-15-23(19-18-21-11-6-4-7-12-21)26(22)24-16-8-9-17-25(24)27-20-28/h4,6-12,14-17H,2-3,5,13H2,1H3. The number of thiocarbonyl (C=S) groups is 1. The molecular weight excluding hydrogens is 358 g/mol. The molecule has 3 aromatic carbocycles. The zero-order valence-corrected chi connectivity index (χ0v) is 16.9. The van der Waals surface area contributed by atoms with E-state index in [9.17, 15) is 0 Å². The smallest absolute Gasteiger partial charge is 0.0818 e. The second kappa shape index (κ2) is 10.4. The van der Waals surface area contributed by atoms with Crippen molar-refractivity contribution in [2.75, 3.05) is 0 Å². The van der Waals surface area contributed by atoms with Crippen LogP contribution in [0.25, 0.3) is 11.1 Å². The molecule has 0 heterocycles. The highest BCUT2D eigenvalue weighted by molar-refractivity contribution is 7.78. The Bertz CT molecular complexity index is 1030. The summed E-state index contributed by atoms with van der Waals surface area (Å²) in [4.78, 5) is 4.30. The van der Waals surface area contributed by atoms with Crippen LogP contribution >= 0.6 is 12.2 Å². The van der Waals surface area contributed by atoms with Gasteiger partial charge in [0.1, 0.15) is 0 Å². The van der Waals surface area contributed by atoms with Crippen LogP contribution in [-0.4, -0.2) is 5.16 Å². The summed E-state index contributed by atoms with van der Waals surface area (Å²) in [5, 5.41) is 2.52. The normalized spacial score (nSPS) is 9.89. The number of aliphatic imine (C=N–C) groups is 1. The molecule has 0 bridgehead atoms. The maximum absolute atomic E-state index is 4.87. The predicted octanol–water partition coefficient (Wildman–Crippen LogP) is 7.22. The van der Waals surface area contributed by atoms with Crippen LogP contribution in [0.2, 0.25) is 0 Å². The van der Waals surface area contributed by atoms with Crippen LogP contribution in [0.15, 0.2) is 77.8 Å². The first-order valence-electron chi connectivity index (χ1n) is 9.69. The molecule has 0 aromatic heterocycles. The summed E-state index contributed by atoms with van der Waals surface area (Å²) in [6, 6.07) is 24.6. The third-order valence-corrected chi connectivity index (χ3v) is 4.75. The van der Waals surface area contributed by atoms with Crippen LogP contribution in [0, 0.1) is 11.8 Å². The van der Waals surface area contributed by atoms with E-state index in [1.165, 1.54) is 18.4 Å². The summed E-state index contributed by atoms with van der Waals surface area (Å²) in [6.07, 6.45) is 4.62. The van der Waals surface area contributed by atoms with Gasteiger partial charge in [0.2, 0.25) is 0 Å². The number of benzene rings is 3. The van der Waals surface area contributed by atoms with Crippen LogP contribution in [0.1, 0.15) is 42.9 Å². The Hall–Kier alpha value is -2.98. The Morgan fingerprint density at radius 1 is 0.821 bits per heavy atom. The number of rotatable bonds is 6. The summed E-state index contributed by atoms with van der Waals surface area (Å²) in [5.41, 5.74) is 6.39. The summed E-state index contributed by atoms with van der Waals surface area (Å²) in [5.74, 6) is 6.69. The summed E-state index contributed by atoms with van der Waals surface area (Å²) in [6.45, 7) is 2.23. The van der Waals surface area contributed by atoms with Gasteiger partial charge in [0.25, 0.3) is 0 Å². The Morgan fingerprint density at radius 3 is 2.39 bits per heavy atom. The molecule has 28 heavy (non-hydrogen) atoms. The maximum Gasteiger partial charge on any atom is 0.0818 e. The largest absolute Gasteiger partial charge is 0.194 e. The average Bonchev–Trinajstić information content (AvgIpc) is 2.74. The van der Waals surface area contributed by atoms with E-state index < -0.39 is 0 Å². The van der Waals surface area contributed by atoms with Crippen LogP contribution < -0.4 is 0 Å². The van der Waals surface area contributed by atoms with E-state index in [4.69, 9.17) is 12.2 Å². The third-order valence-electron chi connectivity index (χ3n) is 4.66. The first kappa shape index (κ1) is 19.8. The summed E-state index contributed by atoms with van der Waals surface area (Å²) >= 11 is 4.87. The molecule has 0 amide bonds. The van der Waals surface area contributed by atoms with E-state index in [-0.39, 0.29) is 0 Å². The van der Waals surface area contributed by atoms with E-state index >= 15 is 0 Å². The van der Waals surface area contributed by atoms with Crippen molar-refractivity contribution in [1.29, 1.82) is 0 Å². The van der Waals surface area contributed by atoms with Crippen molar-refractivity contribution in [2.45, 2.75) is 32.6 Å². The lowest BCUT2D eigenvalue weighted by molar-refractivity contribution is 0.718. The summed E-state index contributed by atoms with van der Waals surface area (Å²) in [7, 11) is 0. The third kappa shape index (κ3) is 5.05. The van der Waals surface area contributed by atoms with E-state index in [0.29, 0.717) is 0 Å². The first-order valence-corrected chi connectivity index (χ1v) is 10.1. The van der Waals surface area contributed by atoms with Gasteiger partial charge in [-0.25, -0.2) is 0 Å². The maximum atomic E-state index is 4.87. The molecule has 0 aliphatic carbocycles. The molecule has 1 nitrogen and oxygen atoms in total. The number of isothiocyanates is 1. The lowest BCUT2D eigenvalue weighted by atomic mass is 9.90. The van der Waals surface area contributed by atoms with Crippen molar-refractivity contribution < 1.29 is 0 Å². The lowest BCUT2D eigenvalue weighted by Gasteiger charge is -2.14. The van der Waals surface area contributed by atoms with Gasteiger partial charge in [-0.15, -0.1) is 0 Å². The van der Waals surface area contributed by atoms with Gasteiger partial charge in [0.05, 0.1) is 10.8 Å². The first-order chi connectivity index (χ1) is 13.8. The number of nitrogens with zero attached hydrogens (tertiary/aromatic N) is 1. The van der Waals surface area contributed by atoms with Crippen molar-refractivity contribution in [1.82, 2.24) is 0 Å². The molecule has 0 saturated heterocycles. The zero-order chi connectivity index (χ0) is 19.6. The molecule has 0 unspecified atom stereocenters. The van der Waals surface area contributed by atoms with Crippen LogP contribution in [-0.2, 0) is 6.42 Å². The van der Waals surface area contributed by atoms with Gasteiger partial charge in [0, 0.05) is 22.3 Å². The number of unbranched alkanes of at least 4 members (excludes halogenated alkanes) is 2. The van der Waals surface area contributed by atoms with Crippen LogP contribution in [0.3, 0.4) is 0 Å². The molecule has 0 spiro atoms. The molecular formula is C26H23NS. The van der Waals surface area contributed by atoms with E-state index in [2.05, 4.69) is 53.2 Å². The highest BCUT2D eigenvalue weighted by Crippen LogP contribution is 2.35. The second-order valence-electron chi connectivity index (χ2n) is 6.63. The van der Waals surface area contributed by atoms with Gasteiger partial charge in [-0.05, 0) is 54.9 Å². The van der Waals surface area contributed by atoms with Gasteiger partial charge >= 0.3 is 0 Å². The van der Waals surface area contributed by atoms with Crippen molar-refractivity contribution in [3.05, 3.63) is 89.5 Å². The SMILES string of the molecule is CCCCCc1cccc(C#Cc2ccccc2)c1-c1ccccc1N=C=S. The molecule has 0 aliphatic heterocycles. The number of hydrogen-bond donors (Lipinski definition) is 0. The molecule has 3 rings (SSSR count). The molecule has 0 fully saturated rings. The molecule has 0 N–H and O–H groups in total. The van der Waals surface area contributed by atoms with Crippen LogP contribution in [0.5, 0.6) is 0 Å². The molecule has 0 aliphatic rings. The zero-order valence-electron chi connectivity index (χ0n) is 16.1. The minimum Gasteiger partial charge on any atom is -0.194 e. The van der Waals surface area contributed by atoms with E-state index in [0.717, 1.165) is 40.8 Å². The molecule has 2 heteroatoms. The van der Waals surface area contributed by atoms with Gasteiger partial charge in [-0.3, -0.25) is 0 Å². The minimum atomic E-state index is 0.836. The fourth-order valence-corrected chi connectivity index (χ4v) is 3.39. The number of aryl methyl sites for hydroxylation is 1. The minimum absolute atomic E-state index is 0.836. The van der Waals surface area contributed by atoms with Crippen molar-refractivity contribution >= 4 is 23.1 Å². The number of hydrogen-bond acceptors (Lipinski definition) is 2. The fourth-order valence-electron chi connectivity index (χ4n) is 3.29. The van der Waals surface area contributed by atoms with Crippen molar-refractivity contribution in [3.8, 4) is 23.0 Å². The van der Waals surface area contributed by atoms with Gasteiger partial charge in [-0.1, -0.05) is 80.1 Å². The monoisotopic (exact) mass is 381 g/mol. The highest BCUT2D eigenvalue weighted by Gasteiger charge is 2.13. The Labute approximate surface area is 173 Å². The second-order valence-corrected chi connectivity index (χ2v) is 6.82. The Morgan fingerprint density at radius 2 is 1.61 bits per heavy atom. The van der Waals surface area contributed by atoms with E-state index in [1.54, 1.807) is 0 Å². The van der Waals surface area contributed by atoms with Crippen LogP contribution in [0.4, 0.5) is 5.69 Å². The molecule has 138 valence electrons. The van der Waals surface area contributed by atoms with Crippen molar-refractivity contribution in [3.63, 3.8) is 0 Å². The highest BCUT2D eigenvalue weighted by atomic mass is 32.1. The molecule has 0 atom stereocenters. The predicted molar refractivity (Wildman–Crippen MR) is 122 cm³/mol. The van der Waals surface area contributed by atoms with Gasteiger partial charge in [0.15, 0.2) is 0 Å². The molecule has 0 radical (unpaired) electrons. The Balaban J connectivity index is 2.14. The van der Waals surface area contributed by atoms with Crippen molar-refractivity contribution in [2.24, 2.45) is 4.99 Å². The van der Waals surface area contributed by atoms with Gasteiger partial charge in [-0.2, -0.15) is 4.99 Å². The van der Waals surface area contributed by atoms with Gasteiger partial charge < -0.3 is 0 Å². The number of para-hydroxylation sites is 1. The Kier molecular flexibility index (Phi) is 7.33. The molecule has 0 saturated carbocycles. The quantitative estimate of drug-likeness (QED) is 0.190. The lowest BCUT2D eigenvalue weighted by Crippen LogP contribution is -1.95. The summed E-state index contributed by atoms with van der Waals surface area (Å²) < 4.78 is 0. The topological polar surface area (TPSA) is 12.4 Å².